The summed E-state index contributed by atoms with van der Waals surface area (Å²) >= 11 is 0. The van der Waals surface area contributed by atoms with Crippen LogP contribution < -0.4 is 19.7 Å². The Bertz CT molecular complexity index is 1320. The second-order valence-electron chi connectivity index (χ2n) is 10.4. The van der Waals surface area contributed by atoms with E-state index in [1.165, 1.54) is 7.05 Å². The van der Waals surface area contributed by atoms with Gasteiger partial charge in [0.15, 0.2) is 5.78 Å². The summed E-state index contributed by atoms with van der Waals surface area (Å²) < 4.78 is 11.6. The molecule has 0 aliphatic carbocycles. The maximum absolute atomic E-state index is 13.6. The minimum Gasteiger partial charge on any atom is -0.493 e. The zero-order valence-electron chi connectivity index (χ0n) is 22.8. The van der Waals surface area contributed by atoms with E-state index in [4.69, 9.17) is 14.9 Å². The number of fused-ring (bicyclic) bond motifs is 2. The first-order valence-electron chi connectivity index (χ1n) is 12.6. The molecule has 4 rings (SSSR count). The predicted molar refractivity (Wildman–Crippen MR) is 153 cm³/mol. The van der Waals surface area contributed by atoms with Gasteiger partial charge in [-0.25, -0.2) is 0 Å². The van der Waals surface area contributed by atoms with Crippen LogP contribution in [0.3, 0.4) is 0 Å². The summed E-state index contributed by atoms with van der Waals surface area (Å²) in [6.45, 7) is 9.13. The summed E-state index contributed by atoms with van der Waals surface area (Å²) in [6.07, 6.45) is 0. The number of hydrogen-bond donors (Lipinski definition) is 3. The molecule has 2 aliphatic heterocycles. The van der Waals surface area contributed by atoms with Gasteiger partial charge in [-0.1, -0.05) is 20.8 Å². The van der Waals surface area contributed by atoms with E-state index < -0.39 is 5.97 Å². The zero-order valence-corrected chi connectivity index (χ0v) is 24.6. The van der Waals surface area contributed by atoms with Crippen LogP contribution in [0.5, 0.6) is 11.5 Å². The number of Topliss-reactive ketones (excluding diaryl/α,β-unsaturated/α-hetero) is 1. The number of nitrogens with zero attached hydrogens (tertiary/aromatic N) is 2. The molecule has 3 N–H and O–H groups in total. The molecule has 0 radical (unpaired) electrons. The molecule has 0 unspecified atom stereocenters. The normalized spacial score (nSPS) is 14.1. The smallest absolute Gasteiger partial charge is 0.323 e. The molecule has 0 atom stereocenters. The SMILES string of the molecule is Br.CCOc1cc2c(cc1C(=O)NC)C(=N)N(CC(=O)c1cc3c(c(C(C)(C)C)c1)OCCN3CC(=O)O)C2. The van der Waals surface area contributed by atoms with Gasteiger partial charge in [-0.05, 0) is 42.2 Å². The van der Waals surface area contributed by atoms with Crippen molar-refractivity contribution in [3.8, 4) is 11.5 Å². The standard InChI is InChI=1S/C28H34N4O6.BrH/c1-6-37-23-11-17-13-32(26(29)18(17)12-19(23)27(36)30-5)14-22(33)16-9-20(28(2,3)4)25-21(10-16)31(7-8-38-25)15-24(34)35;/h9-12,29H,6-8,13-15H2,1-5H3,(H,30,36)(H,34,35);1H. The summed E-state index contributed by atoms with van der Waals surface area (Å²) in [5.41, 5.74) is 3.22. The number of ketones is 1. The second kappa shape index (κ2) is 11.6. The third-order valence-electron chi connectivity index (χ3n) is 6.72. The third kappa shape index (κ3) is 6.03. The van der Waals surface area contributed by atoms with Crippen molar-refractivity contribution < 1.29 is 29.0 Å². The number of carbonyl (C=O) groups is 3. The number of benzene rings is 2. The quantitative estimate of drug-likeness (QED) is 0.390. The largest absolute Gasteiger partial charge is 0.493 e. The molecule has 2 aliphatic rings. The number of hydrogen-bond acceptors (Lipinski definition) is 7. The van der Waals surface area contributed by atoms with Gasteiger partial charge in [0.1, 0.15) is 30.5 Å². The maximum atomic E-state index is 13.6. The van der Waals surface area contributed by atoms with E-state index in [0.29, 0.717) is 60.2 Å². The van der Waals surface area contributed by atoms with Gasteiger partial charge in [0, 0.05) is 30.3 Å². The molecular weight excluding hydrogens is 568 g/mol. The minimum absolute atomic E-state index is 0. The number of amides is 1. The number of nitrogens with one attached hydrogen (secondary N) is 2. The van der Waals surface area contributed by atoms with Gasteiger partial charge in [-0.2, -0.15) is 0 Å². The number of ether oxygens (including phenoxy) is 2. The van der Waals surface area contributed by atoms with Crippen molar-refractivity contribution in [2.75, 3.05) is 44.8 Å². The van der Waals surface area contributed by atoms with Crippen LogP contribution in [0.1, 0.15) is 65.1 Å². The molecule has 11 heteroatoms. The first kappa shape index (κ1) is 29.9. The lowest BCUT2D eigenvalue weighted by Gasteiger charge is -2.34. The van der Waals surface area contributed by atoms with Crippen molar-refractivity contribution in [3.05, 3.63) is 52.1 Å². The molecule has 0 saturated heterocycles. The number of amidine groups is 1. The Morgan fingerprint density at radius 1 is 1.13 bits per heavy atom. The molecule has 0 spiro atoms. The van der Waals surface area contributed by atoms with Crippen molar-refractivity contribution in [1.29, 1.82) is 5.41 Å². The lowest BCUT2D eigenvalue weighted by molar-refractivity contribution is -0.135. The fourth-order valence-electron chi connectivity index (χ4n) is 4.84. The van der Waals surface area contributed by atoms with Crippen LogP contribution in [0.2, 0.25) is 0 Å². The summed E-state index contributed by atoms with van der Waals surface area (Å²) in [5, 5.41) is 20.7. The highest BCUT2D eigenvalue weighted by molar-refractivity contribution is 8.93. The highest BCUT2D eigenvalue weighted by Crippen LogP contribution is 2.42. The average Bonchev–Trinajstić information content (AvgIpc) is 3.15. The first-order chi connectivity index (χ1) is 17.9. The van der Waals surface area contributed by atoms with E-state index in [-0.39, 0.29) is 53.0 Å². The lowest BCUT2D eigenvalue weighted by Crippen LogP contribution is -2.38. The molecule has 2 heterocycles. The van der Waals surface area contributed by atoms with E-state index in [1.54, 1.807) is 28.0 Å². The van der Waals surface area contributed by atoms with Gasteiger partial charge in [-0.3, -0.25) is 19.8 Å². The Balaban J connectivity index is 0.00000420. The minimum atomic E-state index is -0.960. The Labute approximate surface area is 238 Å². The van der Waals surface area contributed by atoms with Gasteiger partial charge >= 0.3 is 5.97 Å². The Morgan fingerprint density at radius 2 is 1.85 bits per heavy atom. The molecule has 10 nitrogen and oxygen atoms in total. The fourth-order valence-corrected chi connectivity index (χ4v) is 4.84. The number of aliphatic carboxylic acids is 1. The van der Waals surface area contributed by atoms with Crippen LogP contribution in [0.4, 0.5) is 5.69 Å². The van der Waals surface area contributed by atoms with Gasteiger partial charge < -0.3 is 29.7 Å². The summed E-state index contributed by atoms with van der Waals surface area (Å²) in [5.74, 6) is -0.268. The highest BCUT2D eigenvalue weighted by atomic mass is 79.9. The lowest BCUT2D eigenvalue weighted by atomic mass is 9.84. The Kier molecular flexibility index (Phi) is 8.94. The second-order valence-corrected chi connectivity index (χ2v) is 10.4. The number of rotatable bonds is 8. The van der Waals surface area contributed by atoms with E-state index in [1.807, 2.05) is 33.8 Å². The topological polar surface area (TPSA) is 132 Å². The molecule has 0 bridgehead atoms. The van der Waals surface area contributed by atoms with Crippen LogP contribution in [0.25, 0.3) is 0 Å². The molecule has 39 heavy (non-hydrogen) atoms. The third-order valence-corrected chi connectivity index (χ3v) is 6.72. The Hall–Kier alpha value is -3.60. The van der Waals surface area contributed by atoms with E-state index >= 15 is 0 Å². The predicted octanol–water partition coefficient (Wildman–Crippen LogP) is 3.63. The molecule has 1 amide bonds. The number of anilines is 1. The fraction of sp³-hybridized carbons (Fsp3) is 0.429. The van der Waals surface area contributed by atoms with Gasteiger partial charge in [0.25, 0.3) is 5.91 Å². The van der Waals surface area contributed by atoms with Gasteiger partial charge in [0.2, 0.25) is 0 Å². The van der Waals surface area contributed by atoms with Crippen LogP contribution in [-0.2, 0) is 16.8 Å². The maximum Gasteiger partial charge on any atom is 0.323 e. The van der Waals surface area contributed by atoms with Crippen molar-refractivity contribution >= 4 is 46.2 Å². The van der Waals surface area contributed by atoms with Crippen LogP contribution in [-0.4, -0.2) is 73.4 Å². The van der Waals surface area contributed by atoms with Crippen molar-refractivity contribution in [2.24, 2.45) is 0 Å². The van der Waals surface area contributed by atoms with Gasteiger partial charge in [-0.15, -0.1) is 17.0 Å². The number of carboxylic acids is 1. The van der Waals surface area contributed by atoms with Crippen molar-refractivity contribution in [2.45, 2.75) is 39.7 Å². The number of halogens is 1. The molecule has 0 aromatic heterocycles. The van der Waals surface area contributed by atoms with Crippen LogP contribution >= 0.6 is 17.0 Å². The molecule has 0 saturated carbocycles. The van der Waals surface area contributed by atoms with Crippen molar-refractivity contribution in [1.82, 2.24) is 10.2 Å². The average molecular weight is 604 g/mol. The summed E-state index contributed by atoms with van der Waals surface area (Å²) in [7, 11) is 1.54. The van der Waals surface area contributed by atoms with Crippen molar-refractivity contribution in [3.63, 3.8) is 0 Å². The monoisotopic (exact) mass is 602 g/mol. The van der Waals surface area contributed by atoms with Crippen LogP contribution in [0, 0.1) is 5.41 Å². The molecule has 2 aromatic carbocycles. The molecular formula is C28H35BrN4O6. The van der Waals surface area contributed by atoms with E-state index in [0.717, 1.165) is 11.1 Å². The van der Waals surface area contributed by atoms with Crippen LogP contribution in [0.15, 0.2) is 24.3 Å². The van der Waals surface area contributed by atoms with E-state index in [9.17, 15) is 19.5 Å². The Morgan fingerprint density at radius 3 is 2.46 bits per heavy atom. The summed E-state index contributed by atoms with van der Waals surface area (Å²) in [4.78, 5) is 40.9. The molecule has 210 valence electrons. The zero-order chi connectivity index (χ0) is 27.8. The number of carbonyl (C=O) groups excluding carboxylic acids is 2. The highest BCUT2D eigenvalue weighted by Gasteiger charge is 2.32. The van der Waals surface area contributed by atoms with Gasteiger partial charge in [0.05, 0.1) is 30.9 Å². The summed E-state index contributed by atoms with van der Waals surface area (Å²) in [6, 6.07) is 6.91. The number of carboxylic acid groups (broad SMARTS) is 1. The first-order valence-corrected chi connectivity index (χ1v) is 12.6. The molecule has 2 aromatic rings. The van der Waals surface area contributed by atoms with E-state index in [2.05, 4.69) is 5.32 Å². The molecule has 0 fully saturated rings.